The van der Waals surface area contributed by atoms with Crippen molar-refractivity contribution in [2.45, 2.75) is 6.54 Å². The van der Waals surface area contributed by atoms with Crippen LogP contribution in [-0.2, 0) is 11.3 Å². The monoisotopic (exact) mass is 365 g/mol. The molecule has 0 atom stereocenters. The van der Waals surface area contributed by atoms with Gasteiger partial charge in [0, 0.05) is 13.6 Å². The summed E-state index contributed by atoms with van der Waals surface area (Å²) < 4.78 is 10.7. The molecule has 2 aliphatic heterocycles. The van der Waals surface area contributed by atoms with Gasteiger partial charge in [0.25, 0.3) is 0 Å². The third-order valence-electron chi connectivity index (χ3n) is 4.57. The highest BCUT2D eigenvalue weighted by Crippen LogP contribution is 2.32. The van der Waals surface area contributed by atoms with Crippen LogP contribution in [0, 0.1) is 0 Å². The minimum absolute atomic E-state index is 0.127. The molecule has 25 heavy (non-hydrogen) atoms. The van der Waals surface area contributed by atoms with Gasteiger partial charge >= 0.3 is 0 Å². The predicted molar refractivity (Wildman–Crippen MR) is 97.8 cm³/mol. The van der Waals surface area contributed by atoms with E-state index in [1.807, 2.05) is 30.1 Å². The van der Waals surface area contributed by atoms with Gasteiger partial charge in [0.1, 0.15) is 0 Å². The highest BCUT2D eigenvalue weighted by Gasteiger charge is 2.22. The molecular formula is C17H25N4O3S+. The minimum Gasteiger partial charge on any atom is -0.454 e. The second-order valence-electron chi connectivity index (χ2n) is 6.54. The lowest BCUT2D eigenvalue weighted by atomic mass is 10.2. The fraction of sp³-hybridized carbons (Fsp3) is 0.529. The van der Waals surface area contributed by atoms with E-state index in [1.165, 1.54) is 4.90 Å². The first kappa shape index (κ1) is 17.8. The summed E-state index contributed by atoms with van der Waals surface area (Å²) in [6.07, 6.45) is 0. The lowest BCUT2D eigenvalue weighted by Crippen LogP contribution is -3.12. The number of benzene rings is 1. The van der Waals surface area contributed by atoms with E-state index in [0.717, 1.165) is 43.2 Å². The molecule has 1 amide bonds. The van der Waals surface area contributed by atoms with Crippen LogP contribution < -0.4 is 19.7 Å². The summed E-state index contributed by atoms with van der Waals surface area (Å²) in [5.74, 6) is 1.65. The van der Waals surface area contributed by atoms with Crippen LogP contribution in [-0.4, -0.2) is 74.4 Å². The number of thiocarbonyl (C=S) groups is 1. The third kappa shape index (κ3) is 4.52. The Morgan fingerprint density at radius 3 is 2.80 bits per heavy atom. The SMILES string of the molecule is CN(CC(=O)N1CC[NH+](C)CC1)C(=S)NCc1ccc2c(c1)OCO2. The normalized spacial score (nSPS) is 16.6. The number of fused-ring (bicyclic) bond motifs is 1. The van der Waals surface area contributed by atoms with Gasteiger partial charge in [-0.15, -0.1) is 0 Å². The largest absolute Gasteiger partial charge is 0.454 e. The van der Waals surface area contributed by atoms with Crippen LogP contribution in [0.3, 0.4) is 0 Å². The number of likely N-dealkylation sites (N-methyl/N-ethyl adjacent to an activating group) is 2. The Hall–Kier alpha value is -2.06. The average Bonchev–Trinajstić information content (AvgIpc) is 3.07. The van der Waals surface area contributed by atoms with Gasteiger partial charge in [-0.25, -0.2) is 0 Å². The van der Waals surface area contributed by atoms with Gasteiger partial charge < -0.3 is 29.5 Å². The van der Waals surface area contributed by atoms with Crippen molar-refractivity contribution in [3.05, 3.63) is 23.8 Å². The number of amides is 1. The second kappa shape index (κ2) is 7.88. The maximum atomic E-state index is 12.4. The molecule has 1 aromatic rings. The van der Waals surface area contributed by atoms with Crippen LogP contribution in [0.4, 0.5) is 0 Å². The molecule has 2 N–H and O–H groups in total. The number of rotatable bonds is 4. The molecule has 0 aliphatic carbocycles. The van der Waals surface area contributed by atoms with E-state index in [4.69, 9.17) is 21.7 Å². The minimum atomic E-state index is 0.127. The molecule has 0 radical (unpaired) electrons. The molecule has 3 rings (SSSR count). The zero-order chi connectivity index (χ0) is 17.8. The first-order valence-electron chi connectivity index (χ1n) is 8.49. The van der Waals surface area contributed by atoms with Crippen LogP contribution in [0.25, 0.3) is 0 Å². The van der Waals surface area contributed by atoms with Crippen molar-refractivity contribution in [1.82, 2.24) is 15.1 Å². The number of carbonyl (C=O) groups excluding carboxylic acids is 1. The molecule has 1 saturated heterocycles. The zero-order valence-electron chi connectivity index (χ0n) is 14.7. The standard InChI is InChI=1S/C17H24N4O3S/c1-19-5-7-21(8-6-19)16(22)11-20(2)17(25)18-10-13-3-4-14-15(9-13)24-12-23-14/h3-4,9H,5-8,10-12H2,1-2H3,(H,18,25)/p+1. The molecule has 0 spiro atoms. The maximum Gasteiger partial charge on any atom is 0.242 e. The summed E-state index contributed by atoms with van der Waals surface area (Å²) in [5, 5.41) is 3.75. The van der Waals surface area contributed by atoms with Crippen LogP contribution in [0.15, 0.2) is 18.2 Å². The summed E-state index contributed by atoms with van der Waals surface area (Å²) in [5.41, 5.74) is 1.05. The highest BCUT2D eigenvalue weighted by molar-refractivity contribution is 7.80. The van der Waals surface area contributed by atoms with Gasteiger partial charge in [0.05, 0.1) is 39.8 Å². The van der Waals surface area contributed by atoms with E-state index in [2.05, 4.69) is 12.4 Å². The number of carbonyl (C=O) groups is 1. The highest BCUT2D eigenvalue weighted by atomic mass is 32.1. The smallest absolute Gasteiger partial charge is 0.242 e. The number of hydrogen-bond donors (Lipinski definition) is 2. The Kier molecular flexibility index (Phi) is 5.60. The van der Waals surface area contributed by atoms with E-state index in [1.54, 1.807) is 4.90 Å². The summed E-state index contributed by atoms with van der Waals surface area (Å²) in [4.78, 5) is 17.6. The zero-order valence-corrected chi connectivity index (χ0v) is 15.5. The number of piperazine rings is 1. The molecule has 0 aromatic heterocycles. The molecule has 8 heteroatoms. The van der Waals surface area contributed by atoms with Crippen LogP contribution in [0.1, 0.15) is 5.56 Å². The topological polar surface area (TPSA) is 58.5 Å². The van der Waals surface area contributed by atoms with Crippen LogP contribution in [0.5, 0.6) is 11.5 Å². The molecular weight excluding hydrogens is 340 g/mol. The van der Waals surface area contributed by atoms with Crippen molar-refractivity contribution in [3.8, 4) is 11.5 Å². The number of ether oxygens (including phenoxy) is 2. The van der Waals surface area contributed by atoms with Gasteiger partial charge in [-0.3, -0.25) is 4.79 Å². The van der Waals surface area contributed by atoms with Gasteiger partial charge in [-0.05, 0) is 29.9 Å². The van der Waals surface area contributed by atoms with Crippen molar-refractivity contribution < 1.29 is 19.2 Å². The number of nitrogens with zero attached hydrogens (tertiary/aromatic N) is 2. The Morgan fingerprint density at radius 2 is 2.04 bits per heavy atom. The quantitative estimate of drug-likeness (QED) is 0.673. The average molecular weight is 365 g/mol. The fourth-order valence-corrected chi connectivity index (χ4v) is 3.01. The molecule has 2 heterocycles. The van der Waals surface area contributed by atoms with Gasteiger partial charge in [0.2, 0.25) is 12.7 Å². The first-order chi connectivity index (χ1) is 12.0. The van der Waals surface area contributed by atoms with Gasteiger partial charge in [-0.2, -0.15) is 0 Å². The van der Waals surface area contributed by atoms with Crippen molar-refractivity contribution in [2.75, 3.05) is 53.6 Å². The lowest BCUT2D eigenvalue weighted by molar-refractivity contribution is -0.883. The van der Waals surface area contributed by atoms with E-state index < -0.39 is 0 Å². The predicted octanol–water partition coefficient (Wildman–Crippen LogP) is -0.921. The van der Waals surface area contributed by atoms with Gasteiger partial charge in [0.15, 0.2) is 16.6 Å². The van der Waals surface area contributed by atoms with E-state index in [0.29, 0.717) is 18.2 Å². The molecule has 0 saturated carbocycles. The molecule has 2 aliphatic rings. The van der Waals surface area contributed by atoms with Crippen molar-refractivity contribution in [3.63, 3.8) is 0 Å². The van der Waals surface area contributed by atoms with Crippen LogP contribution in [0.2, 0.25) is 0 Å². The Balaban J connectivity index is 1.45. The number of nitrogens with one attached hydrogen (secondary N) is 2. The van der Waals surface area contributed by atoms with Crippen molar-refractivity contribution >= 4 is 23.2 Å². The van der Waals surface area contributed by atoms with Crippen LogP contribution >= 0.6 is 12.2 Å². The molecule has 1 aromatic carbocycles. The number of hydrogen-bond acceptors (Lipinski definition) is 4. The Morgan fingerprint density at radius 1 is 1.32 bits per heavy atom. The Bertz CT molecular complexity index is 647. The molecule has 7 nitrogen and oxygen atoms in total. The molecule has 0 bridgehead atoms. The third-order valence-corrected chi connectivity index (χ3v) is 5.03. The Labute approximate surface area is 153 Å². The van der Waals surface area contributed by atoms with E-state index >= 15 is 0 Å². The lowest BCUT2D eigenvalue weighted by Gasteiger charge is -2.31. The molecule has 0 unspecified atom stereocenters. The maximum absolute atomic E-state index is 12.4. The van der Waals surface area contributed by atoms with E-state index in [-0.39, 0.29) is 12.7 Å². The summed E-state index contributed by atoms with van der Waals surface area (Å²) in [7, 11) is 4.00. The fourth-order valence-electron chi connectivity index (χ4n) is 2.88. The second-order valence-corrected chi connectivity index (χ2v) is 6.93. The van der Waals surface area contributed by atoms with Crippen molar-refractivity contribution in [2.24, 2.45) is 0 Å². The van der Waals surface area contributed by atoms with E-state index in [9.17, 15) is 4.79 Å². The summed E-state index contributed by atoms with van der Waals surface area (Å²) >= 11 is 5.40. The first-order valence-corrected chi connectivity index (χ1v) is 8.90. The van der Waals surface area contributed by atoms with Gasteiger partial charge in [-0.1, -0.05) is 6.07 Å². The summed E-state index contributed by atoms with van der Waals surface area (Å²) in [6.45, 7) is 4.78. The molecule has 1 fully saturated rings. The number of quaternary nitrogens is 1. The molecule has 136 valence electrons. The summed E-state index contributed by atoms with van der Waals surface area (Å²) in [6, 6.07) is 5.81. The van der Waals surface area contributed by atoms with Crippen molar-refractivity contribution in [1.29, 1.82) is 0 Å².